The Bertz CT molecular complexity index is 708. The molecule has 0 radical (unpaired) electrons. The molecule has 0 atom stereocenters. The Hall–Kier alpha value is -2.23. The average molecular weight is 201 g/mol. The molecule has 4 nitrogen and oxygen atoms in total. The van der Waals surface area contributed by atoms with Gasteiger partial charge in [-0.3, -0.25) is 9.78 Å². The number of rotatable bonds is 0. The highest BCUT2D eigenvalue weighted by atomic mass is 16.3. The fourth-order valence-corrected chi connectivity index (χ4v) is 1.67. The van der Waals surface area contributed by atoms with Crippen LogP contribution in [0.4, 0.5) is 0 Å². The van der Waals surface area contributed by atoms with Gasteiger partial charge in [-0.05, 0) is 12.1 Å². The van der Waals surface area contributed by atoms with Gasteiger partial charge in [0.25, 0.3) is 5.56 Å². The van der Waals surface area contributed by atoms with Crippen molar-refractivity contribution in [2.45, 2.75) is 0 Å². The molecular weight excluding hydrogens is 194 g/mol. The molecule has 15 heavy (non-hydrogen) atoms. The van der Waals surface area contributed by atoms with Gasteiger partial charge < -0.3 is 9.52 Å². The molecule has 2 aromatic heterocycles. The maximum absolute atomic E-state index is 11.1. The first-order valence-electron chi connectivity index (χ1n) is 4.49. The van der Waals surface area contributed by atoms with Crippen LogP contribution < -0.4 is 5.56 Å². The maximum atomic E-state index is 11.1. The number of fused-ring (bicyclic) bond motifs is 3. The lowest BCUT2D eigenvalue weighted by Gasteiger charge is -1.90. The first-order valence-corrected chi connectivity index (χ1v) is 4.49. The van der Waals surface area contributed by atoms with Gasteiger partial charge in [-0.25, -0.2) is 0 Å². The van der Waals surface area contributed by atoms with E-state index in [0.29, 0.717) is 16.7 Å². The molecule has 2 heterocycles. The highest BCUT2D eigenvalue weighted by Crippen LogP contribution is 2.27. The zero-order chi connectivity index (χ0) is 10.4. The van der Waals surface area contributed by atoms with Gasteiger partial charge in [-0.1, -0.05) is 18.2 Å². The lowest BCUT2D eigenvalue weighted by Crippen LogP contribution is -2.02. The molecule has 0 aliphatic carbocycles. The van der Waals surface area contributed by atoms with Crippen molar-refractivity contribution in [1.29, 1.82) is 0 Å². The van der Waals surface area contributed by atoms with Gasteiger partial charge in [0.1, 0.15) is 5.58 Å². The quantitative estimate of drug-likeness (QED) is 0.584. The van der Waals surface area contributed by atoms with E-state index < -0.39 is 5.56 Å². The Kier molecular flexibility index (Phi) is 1.42. The molecule has 0 bridgehead atoms. The second-order valence-electron chi connectivity index (χ2n) is 3.32. The van der Waals surface area contributed by atoms with E-state index in [1.165, 1.54) is 6.07 Å². The van der Waals surface area contributed by atoms with Crippen molar-refractivity contribution in [2.24, 2.45) is 0 Å². The standard InChI is InChI=1S/C11H7NO3/c13-8-5-7-6-3-1-2-4-9(6)15-11(7)12-10(8)14/h1-5,13H,(H,12,14). The van der Waals surface area contributed by atoms with Crippen molar-refractivity contribution < 1.29 is 9.52 Å². The van der Waals surface area contributed by atoms with Crippen LogP contribution in [0, 0.1) is 0 Å². The molecule has 3 aromatic rings. The summed E-state index contributed by atoms with van der Waals surface area (Å²) in [6, 6.07) is 8.83. The smallest absolute Gasteiger partial charge is 0.292 e. The molecule has 0 aliphatic rings. The van der Waals surface area contributed by atoms with Gasteiger partial charge in [0, 0.05) is 5.39 Å². The summed E-state index contributed by atoms with van der Waals surface area (Å²) in [6.07, 6.45) is 0. The van der Waals surface area contributed by atoms with Crippen LogP contribution in [-0.2, 0) is 0 Å². The minimum atomic E-state index is -0.540. The van der Waals surface area contributed by atoms with E-state index >= 15 is 0 Å². The third-order valence-electron chi connectivity index (χ3n) is 2.37. The van der Waals surface area contributed by atoms with Gasteiger partial charge >= 0.3 is 0 Å². The summed E-state index contributed by atoms with van der Waals surface area (Å²) in [5.74, 6) is -0.297. The highest BCUT2D eigenvalue weighted by Gasteiger charge is 2.08. The van der Waals surface area contributed by atoms with Crippen molar-refractivity contribution in [3.05, 3.63) is 40.7 Å². The van der Waals surface area contributed by atoms with E-state index in [0.717, 1.165) is 5.39 Å². The fraction of sp³-hybridized carbons (Fsp3) is 0. The van der Waals surface area contributed by atoms with Gasteiger partial charge in [0.15, 0.2) is 5.75 Å². The second-order valence-corrected chi connectivity index (χ2v) is 3.32. The van der Waals surface area contributed by atoms with Crippen molar-refractivity contribution in [3.8, 4) is 5.75 Å². The van der Waals surface area contributed by atoms with Gasteiger partial charge in [-0.2, -0.15) is 0 Å². The first-order chi connectivity index (χ1) is 7.25. The predicted molar refractivity (Wildman–Crippen MR) is 56.0 cm³/mol. The number of aromatic amines is 1. The summed E-state index contributed by atoms with van der Waals surface area (Å²) >= 11 is 0. The lowest BCUT2D eigenvalue weighted by molar-refractivity contribution is 0.467. The molecule has 4 heteroatoms. The molecule has 3 rings (SSSR count). The minimum absolute atomic E-state index is 0.297. The van der Waals surface area contributed by atoms with Crippen LogP contribution >= 0.6 is 0 Å². The van der Waals surface area contributed by atoms with Crippen LogP contribution in [-0.4, -0.2) is 10.1 Å². The Balaban J connectivity index is 2.61. The molecule has 2 N–H and O–H groups in total. The van der Waals surface area contributed by atoms with Crippen LogP contribution in [0.25, 0.3) is 22.1 Å². The molecule has 0 unspecified atom stereocenters. The van der Waals surface area contributed by atoms with E-state index in [-0.39, 0.29) is 5.75 Å². The monoisotopic (exact) mass is 201 g/mol. The Morgan fingerprint density at radius 1 is 1.20 bits per heavy atom. The van der Waals surface area contributed by atoms with Crippen LogP contribution in [0.2, 0.25) is 0 Å². The number of para-hydroxylation sites is 1. The number of benzene rings is 1. The zero-order valence-electron chi connectivity index (χ0n) is 7.65. The lowest BCUT2D eigenvalue weighted by atomic mass is 10.2. The number of hydrogen-bond donors (Lipinski definition) is 2. The Morgan fingerprint density at radius 2 is 2.00 bits per heavy atom. The topological polar surface area (TPSA) is 66.2 Å². The average Bonchev–Trinajstić information content (AvgIpc) is 2.57. The van der Waals surface area contributed by atoms with Crippen molar-refractivity contribution >= 4 is 22.1 Å². The Labute approximate surface area is 83.8 Å². The van der Waals surface area contributed by atoms with Crippen molar-refractivity contribution in [1.82, 2.24) is 4.98 Å². The first kappa shape index (κ1) is 8.11. The number of pyridine rings is 1. The van der Waals surface area contributed by atoms with Crippen LogP contribution in [0.5, 0.6) is 5.75 Å². The second kappa shape index (κ2) is 2.63. The summed E-state index contributed by atoms with van der Waals surface area (Å²) in [5.41, 5.74) is 0.536. The predicted octanol–water partition coefficient (Wildman–Crippen LogP) is 1.98. The van der Waals surface area contributed by atoms with Crippen LogP contribution in [0.15, 0.2) is 39.5 Å². The molecule has 0 saturated carbocycles. The highest BCUT2D eigenvalue weighted by molar-refractivity contribution is 6.03. The molecule has 0 aliphatic heterocycles. The normalized spacial score (nSPS) is 11.2. The van der Waals surface area contributed by atoms with Crippen LogP contribution in [0.3, 0.4) is 0 Å². The SMILES string of the molecule is O=c1[nH]c2oc3ccccc3c2cc1O. The van der Waals surface area contributed by atoms with E-state index in [2.05, 4.69) is 4.98 Å². The van der Waals surface area contributed by atoms with E-state index in [1.54, 1.807) is 0 Å². The van der Waals surface area contributed by atoms with Crippen molar-refractivity contribution in [3.63, 3.8) is 0 Å². The number of hydrogen-bond acceptors (Lipinski definition) is 3. The molecule has 74 valence electrons. The molecule has 0 saturated heterocycles. The summed E-state index contributed by atoms with van der Waals surface area (Å²) in [6.45, 7) is 0. The fourth-order valence-electron chi connectivity index (χ4n) is 1.67. The van der Waals surface area contributed by atoms with Gasteiger partial charge in [0.05, 0.1) is 5.39 Å². The molecule has 1 aromatic carbocycles. The summed E-state index contributed by atoms with van der Waals surface area (Å²) in [4.78, 5) is 13.6. The van der Waals surface area contributed by atoms with Crippen LogP contribution in [0.1, 0.15) is 0 Å². The minimum Gasteiger partial charge on any atom is -0.503 e. The third kappa shape index (κ3) is 1.05. The van der Waals surface area contributed by atoms with Crippen molar-refractivity contribution in [2.75, 3.05) is 0 Å². The molecule has 0 spiro atoms. The van der Waals surface area contributed by atoms with E-state index in [9.17, 15) is 9.90 Å². The van der Waals surface area contributed by atoms with E-state index in [1.807, 2.05) is 24.3 Å². The molecule has 0 amide bonds. The molecule has 0 fully saturated rings. The van der Waals surface area contributed by atoms with Gasteiger partial charge in [0.2, 0.25) is 5.71 Å². The zero-order valence-corrected chi connectivity index (χ0v) is 7.65. The van der Waals surface area contributed by atoms with E-state index in [4.69, 9.17) is 4.42 Å². The number of aromatic nitrogens is 1. The number of nitrogens with one attached hydrogen (secondary N) is 1. The maximum Gasteiger partial charge on any atom is 0.292 e. The third-order valence-corrected chi connectivity index (χ3v) is 2.37. The van der Waals surface area contributed by atoms with Gasteiger partial charge in [-0.15, -0.1) is 0 Å². The summed E-state index contributed by atoms with van der Waals surface area (Å²) in [5, 5.41) is 10.9. The summed E-state index contributed by atoms with van der Waals surface area (Å²) in [7, 11) is 0. The number of H-pyrrole nitrogens is 1. The number of aromatic hydroxyl groups is 1. The summed E-state index contributed by atoms with van der Waals surface area (Å²) < 4.78 is 5.42. The number of furan rings is 1. The molecular formula is C11H7NO3. The Morgan fingerprint density at radius 3 is 2.87 bits per heavy atom. The largest absolute Gasteiger partial charge is 0.503 e.